The van der Waals surface area contributed by atoms with Crippen molar-refractivity contribution in [3.8, 4) is 0 Å². The van der Waals surface area contributed by atoms with Crippen LogP contribution in [0.15, 0.2) is 0 Å². The number of methoxy groups -OCH3 is 1. The maximum Gasteiger partial charge on any atom is 0.147 e. The molecule has 1 unspecified atom stereocenters. The second kappa shape index (κ2) is 3.46. The van der Waals surface area contributed by atoms with E-state index in [0.29, 0.717) is 0 Å². The average Bonchev–Trinajstić information content (AvgIpc) is 2.56. The van der Waals surface area contributed by atoms with Gasteiger partial charge in [0.25, 0.3) is 0 Å². The van der Waals surface area contributed by atoms with Gasteiger partial charge >= 0.3 is 0 Å². The maximum absolute atomic E-state index is 9.80. The van der Waals surface area contributed by atoms with Crippen molar-refractivity contribution in [2.75, 3.05) is 20.3 Å². The molecule has 0 aromatic heterocycles. The average molecular weight is 200 g/mol. The van der Waals surface area contributed by atoms with Gasteiger partial charge in [0.1, 0.15) is 31.8 Å². The summed E-state index contributed by atoms with van der Waals surface area (Å²) >= 11 is 0. The van der Waals surface area contributed by atoms with Gasteiger partial charge in [-0.1, -0.05) is 0 Å². The lowest BCUT2D eigenvalue weighted by Gasteiger charge is -2.35. The van der Waals surface area contributed by atoms with Crippen molar-refractivity contribution in [1.29, 1.82) is 0 Å². The lowest BCUT2D eigenvalue weighted by atomic mass is 9.90. The molecule has 0 aliphatic carbocycles. The molecule has 2 N–H and O–H groups in total. The Morgan fingerprint density at radius 3 is 2.79 bits per heavy atom. The van der Waals surface area contributed by atoms with Crippen LogP contribution in [0.25, 0.3) is 0 Å². The first kappa shape index (κ1) is 10.4. The van der Waals surface area contributed by atoms with Crippen LogP contribution in [-0.4, -0.2) is 68.3 Å². The topological polar surface area (TPSA) is 68.2 Å². The normalized spacial score (nSPS) is 51.4. The number of rotatable bonds is 3. The molecule has 2 rings (SSSR count). The van der Waals surface area contributed by atoms with E-state index in [9.17, 15) is 10.2 Å². The van der Waals surface area contributed by atoms with E-state index in [1.54, 1.807) is 0 Å². The van der Waals surface area contributed by atoms with Crippen molar-refractivity contribution in [1.82, 2.24) is 0 Å². The molecule has 2 heterocycles. The van der Waals surface area contributed by atoms with Crippen molar-refractivity contribution in [3.63, 3.8) is 0 Å². The highest BCUT2D eigenvalue weighted by atomic mass is 16.7. The first-order chi connectivity index (χ1) is 6.65. The van der Waals surface area contributed by atoms with Gasteiger partial charge in [-0.3, -0.25) is 0 Å². The van der Waals surface area contributed by atoms with Crippen molar-refractivity contribution in [2.24, 2.45) is 0 Å². The number of aliphatic hydroxyl groups excluding tert-OH is 2. The summed E-state index contributed by atoms with van der Waals surface area (Å²) in [6.45, 7) is -0.0623. The van der Waals surface area contributed by atoms with Gasteiger partial charge < -0.3 is 24.4 Å². The minimum absolute atomic E-state index is 0.265. The lowest BCUT2D eigenvalue weighted by Crippen LogP contribution is -2.53. The van der Waals surface area contributed by atoms with Crippen LogP contribution in [0.3, 0.4) is 0 Å². The van der Waals surface area contributed by atoms with E-state index in [0.717, 1.165) is 0 Å². The monoisotopic (exact) mass is 200 g/mol. The predicted molar refractivity (Wildman–Crippen MR) is 47.0 cm³/mol. The first-order valence-electron chi connectivity index (χ1n) is 4.52. The van der Waals surface area contributed by atoms with Crippen molar-refractivity contribution < 1.29 is 24.4 Å². The fourth-order valence-electron chi connectivity index (χ4n) is 2.14. The van der Waals surface area contributed by atoms with Crippen molar-refractivity contribution >= 4 is 7.85 Å². The Labute approximate surface area is 83.4 Å². The van der Waals surface area contributed by atoms with Crippen LogP contribution in [-0.2, 0) is 14.2 Å². The molecule has 5 nitrogen and oxygen atoms in total. The quantitative estimate of drug-likeness (QED) is 0.516. The zero-order chi connectivity index (χ0) is 10.3. The van der Waals surface area contributed by atoms with Gasteiger partial charge in [-0.05, 0) is 0 Å². The largest absolute Gasteiger partial charge is 0.393 e. The summed E-state index contributed by atoms with van der Waals surface area (Å²) in [5, 5.41) is 19.1. The van der Waals surface area contributed by atoms with Crippen LogP contribution >= 0.6 is 0 Å². The van der Waals surface area contributed by atoms with Crippen LogP contribution in [0.2, 0.25) is 0 Å². The summed E-state index contributed by atoms with van der Waals surface area (Å²) in [6, 6.07) is -0.676. The highest BCUT2D eigenvalue weighted by molar-refractivity contribution is 6.11. The molecule has 6 heteroatoms. The number of fused-ring (bicyclic) bond motifs is 2. The summed E-state index contributed by atoms with van der Waals surface area (Å²) in [5.41, 5.74) is -1.11. The Balaban J connectivity index is 2.20. The van der Waals surface area contributed by atoms with E-state index < -0.39 is 29.9 Å². The highest BCUT2D eigenvalue weighted by Crippen LogP contribution is 2.43. The molecule has 5 atom stereocenters. The minimum Gasteiger partial charge on any atom is -0.393 e. The van der Waals surface area contributed by atoms with E-state index in [2.05, 4.69) is 0 Å². The molecule has 14 heavy (non-hydrogen) atoms. The van der Waals surface area contributed by atoms with E-state index in [1.807, 2.05) is 0 Å². The van der Waals surface area contributed by atoms with Gasteiger partial charge in [0.2, 0.25) is 0 Å². The first-order valence-corrected chi connectivity index (χ1v) is 4.52. The molecule has 0 amide bonds. The SMILES string of the molecule is [B][C@@H]1O[C@@]2(CO)C(COC)O[C@@H]1[C@@H]2O. The van der Waals surface area contributed by atoms with Gasteiger partial charge in [0.15, 0.2) is 0 Å². The zero-order valence-corrected chi connectivity index (χ0v) is 7.92. The fourth-order valence-corrected chi connectivity index (χ4v) is 2.14. The Morgan fingerprint density at radius 2 is 2.29 bits per heavy atom. The van der Waals surface area contributed by atoms with Gasteiger partial charge in [-0.15, -0.1) is 0 Å². The minimum atomic E-state index is -1.11. The molecule has 2 aliphatic heterocycles. The summed E-state index contributed by atoms with van der Waals surface area (Å²) in [6.07, 6.45) is -1.91. The third kappa shape index (κ3) is 1.15. The summed E-state index contributed by atoms with van der Waals surface area (Å²) < 4.78 is 15.7. The molecule has 0 saturated carbocycles. The molecule has 78 valence electrons. The molecular formula is C8H13BO5. The number of aliphatic hydroxyl groups is 2. The molecular weight excluding hydrogens is 187 g/mol. The number of hydrogen-bond acceptors (Lipinski definition) is 5. The van der Waals surface area contributed by atoms with Crippen LogP contribution in [0.5, 0.6) is 0 Å². The summed E-state index contributed by atoms with van der Waals surface area (Å²) in [7, 11) is 7.09. The van der Waals surface area contributed by atoms with Crippen molar-refractivity contribution in [3.05, 3.63) is 0 Å². The molecule has 2 radical (unpaired) electrons. The molecule has 0 spiro atoms. The Kier molecular flexibility index (Phi) is 2.57. The van der Waals surface area contributed by atoms with Crippen LogP contribution in [0.1, 0.15) is 0 Å². The second-order valence-electron chi connectivity index (χ2n) is 3.69. The Hall–Kier alpha value is -0.135. The standard InChI is InChI=1S/C8H13BO5/c1-12-2-4-8(3-10)6(11)5(13-4)7(9)14-8/h4-7,10-11H,2-3H2,1H3/t4?,5-,6+,7-,8+/m1/s1. The predicted octanol–water partition coefficient (Wildman–Crippen LogP) is -1.98. The zero-order valence-electron chi connectivity index (χ0n) is 7.92. The van der Waals surface area contributed by atoms with E-state index in [4.69, 9.17) is 22.1 Å². The molecule has 2 fully saturated rings. The third-order valence-electron chi connectivity index (χ3n) is 2.92. The van der Waals surface area contributed by atoms with Crippen LogP contribution in [0, 0.1) is 0 Å². The summed E-state index contributed by atoms with van der Waals surface area (Å²) in [5.74, 6) is 0. The third-order valence-corrected chi connectivity index (χ3v) is 2.92. The van der Waals surface area contributed by atoms with E-state index >= 15 is 0 Å². The molecule has 2 aliphatic rings. The molecule has 0 aromatic rings. The van der Waals surface area contributed by atoms with Crippen molar-refractivity contribution in [2.45, 2.75) is 29.9 Å². The second-order valence-corrected chi connectivity index (χ2v) is 3.69. The van der Waals surface area contributed by atoms with E-state index in [1.165, 1.54) is 7.11 Å². The lowest BCUT2D eigenvalue weighted by molar-refractivity contribution is -0.192. The van der Waals surface area contributed by atoms with Gasteiger partial charge in [-0.25, -0.2) is 0 Å². The van der Waals surface area contributed by atoms with Crippen LogP contribution in [0.4, 0.5) is 0 Å². The smallest absolute Gasteiger partial charge is 0.147 e. The summed E-state index contributed by atoms with van der Waals surface area (Å²) in [4.78, 5) is 0. The van der Waals surface area contributed by atoms with E-state index in [-0.39, 0.29) is 13.2 Å². The Bertz CT molecular complexity index is 226. The Morgan fingerprint density at radius 1 is 1.57 bits per heavy atom. The molecule has 2 saturated heterocycles. The van der Waals surface area contributed by atoms with Crippen LogP contribution < -0.4 is 0 Å². The molecule has 0 aromatic carbocycles. The number of ether oxygens (including phenoxy) is 3. The van der Waals surface area contributed by atoms with Gasteiger partial charge in [0.05, 0.1) is 13.2 Å². The van der Waals surface area contributed by atoms with Gasteiger partial charge in [-0.2, -0.15) is 0 Å². The highest BCUT2D eigenvalue weighted by Gasteiger charge is 2.64. The maximum atomic E-state index is 9.80. The van der Waals surface area contributed by atoms with Gasteiger partial charge in [0, 0.05) is 13.1 Å². The fraction of sp³-hybridized carbons (Fsp3) is 1.00. The molecule has 2 bridgehead atoms. The number of hydrogen-bond donors (Lipinski definition) is 2.